The second kappa shape index (κ2) is 7.07. The molecule has 1 fully saturated rings. The Kier molecular flexibility index (Phi) is 4.70. The highest BCUT2D eigenvalue weighted by atomic mass is 19.1. The molecule has 174 valence electrons. The fraction of sp³-hybridized carbons (Fsp3) is 0.444. The van der Waals surface area contributed by atoms with Crippen LogP contribution in [0.2, 0.25) is 0 Å². The number of halogens is 1. The molecule has 0 radical (unpaired) electrons. The molecule has 1 aliphatic carbocycles. The highest BCUT2D eigenvalue weighted by Gasteiger charge is 2.53. The summed E-state index contributed by atoms with van der Waals surface area (Å²) in [4.78, 5) is 11.9. The van der Waals surface area contributed by atoms with E-state index in [1.54, 1.807) is 26.0 Å². The fourth-order valence-electron chi connectivity index (χ4n) is 5.72. The van der Waals surface area contributed by atoms with Crippen molar-refractivity contribution in [3.8, 4) is 11.4 Å². The minimum absolute atomic E-state index is 0.175. The molecule has 2 N–H and O–H groups in total. The molecule has 0 atom stereocenters. The van der Waals surface area contributed by atoms with Gasteiger partial charge in [0.25, 0.3) is 0 Å². The fourth-order valence-corrected chi connectivity index (χ4v) is 5.72. The number of aryl methyl sites for hydroxylation is 1. The molecular formula is C27H30FNO4. The van der Waals surface area contributed by atoms with E-state index in [0.29, 0.717) is 37.9 Å². The summed E-state index contributed by atoms with van der Waals surface area (Å²) in [5, 5.41) is 21.5. The van der Waals surface area contributed by atoms with Gasteiger partial charge in [-0.2, -0.15) is 0 Å². The monoisotopic (exact) mass is 451 g/mol. The summed E-state index contributed by atoms with van der Waals surface area (Å²) < 4.78 is 22.8. The van der Waals surface area contributed by atoms with Crippen LogP contribution in [-0.2, 0) is 20.5 Å². The molecule has 33 heavy (non-hydrogen) atoms. The maximum absolute atomic E-state index is 14.1. The first-order valence-corrected chi connectivity index (χ1v) is 11.5. The van der Waals surface area contributed by atoms with Crippen molar-refractivity contribution in [3.63, 3.8) is 0 Å². The summed E-state index contributed by atoms with van der Waals surface area (Å²) in [5.74, 6) is -0.861. The van der Waals surface area contributed by atoms with Crippen molar-refractivity contribution in [3.05, 3.63) is 59.0 Å². The number of nitrogens with zero attached hydrogens (tertiary/aromatic N) is 1. The van der Waals surface area contributed by atoms with Gasteiger partial charge in [0.1, 0.15) is 11.6 Å². The van der Waals surface area contributed by atoms with Crippen molar-refractivity contribution >= 4 is 16.9 Å². The van der Waals surface area contributed by atoms with E-state index in [2.05, 4.69) is 18.4 Å². The highest BCUT2D eigenvalue weighted by Crippen LogP contribution is 2.57. The van der Waals surface area contributed by atoms with Crippen LogP contribution in [0.15, 0.2) is 36.4 Å². The first kappa shape index (κ1) is 22.0. The lowest BCUT2D eigenvalue weighted by molar-refractivity contribution is -0.160. The average Bonchev–Trinajstić information content (AvgIpc) is 3.14. The number of aliphatic carboxylic acids is 1. The molecule has 1 aliphatic heterocycles. The van der Waals surface area contributed by atoms with Gasteiger partial charge in [0.2, 0.25) is 0 Å². The van der Waals surface area contributed by atoms with E-state index < -0.39 is 17.0 Å². The SMILES string of the molecule is Cc1cc(-n2c3c(c4c(O)cccc42)[C@]2(CC[C@](C)(C(=O)O)CC2)OCC3(C)C)ccc1F. The largest absolute Gasteiger partial charge is 0.507 e. The Bertz CT molecular complexity index is 1280. The Morgan fingerprint density at radius 3 is 2.42 bits per heavy atom. The van der Waals surface area contributed by atoms with Crippen molar-refractivity contribution in [2.75, 3.05) is 6.61 Å². The maximum atomic E-state index is 14.1. The van der Waals surface area contributed by atoms with E-state index in [-0.39, 0.29) is 17.0 Å². The molecule has 0 amide bonds. The number of fused-ring (bicyclic) bond motifs is 4. The van der Waals surface area contributed by atoms with Gasteiger partial charge in [-0.25, -0.2) is 4.39 Å². The van der Waals surface area contributed by atoms with Gasteiger partial charge < -0.3 is 19.5 Å². The Labute approximate surface area is 192 Å². The lowest BCUT2D eigenvalue weighted by Crippen LogP contribution is -2.48. The predicted octanol–water partition coefficient (Wildman–Crippen LogP) is 5.95. The minimum Gasteiger partial charge on any atom is -0.507 e. The Morgan fingerprint density at radius 2 is 1.79 bits per heavy atom. The topological polar surface area (TPSA) is 71.7 Å². The number of aromatic nitrogens is 1. The second-order valence-electron chi connectivity index (χ2n) is 10.7. The molecule has 0 bridgehead atoms. The summed E-state index contributed by atoms with van der Waals surface area (Å²) in [5.41, 5.74) is 2.39. The minimum atomic E-state index is -0.782. The molecule has 0 saturated heterocycles. The Morgan fingerprint density at radius 1 is 1.09 bits per heavy atom. The number of carbonyl (C=O) groups is 1. The Balaban J connectivity index is 1.82. The van der Waals surface area contributed by atoms with Crippen LogP contribution in [0.25, 0.3) is 16.6 Å². The van der Waals surface area contributed by atoms with Gasteiger partial charge in [-0.15, -0.1) is 0 Å². The zero-order valence-corrected chi connectivity index (χ0v) is 19.5. The quantitative estimate of drug-likeness (QED) is 0.505. The van der Waals surface area contributed by atoms with Gasteiger partial charge in [0.05, 0.1) is 23.1 Å². The number of benzene rings is 2. The van der Waals surface area contributed by atoms with Gasteiger partial charge in [-0.05, 0) is 75.4 Å². The third kappa shape index (κ3) is 3.11. The molecule has 3 aromatic rings. The van der Waals surface area contributed by atoms with Crippen molar-refractivity contribution in [2.45, 2.75) is 64.4 Å². The highest BCUT2D eigenvalue weighted by molar-refractivity contribution is 5.94. The Hall–Kier alpha value is -2.86. The van der Waals surface area contributed by atoms with Gasteiger partial charge in [0.15, 0.2) is 0 Å². The number of hydrogen-bond donors (Lipinski definition) is 2. The molecule has 1 spiro atoms. The van der Waals surface area contributed by atoms with Crippen LogP contribution in [0.3, 0.4) is 0 Å². The molecule has 2 aromatic carbocycles. The summed E-state index contributed by atoms with van der Waals surface area (Å²) in [6, 6.07) is 10.6. The van der Waals surface area contributed by atoms with Crippen molar-refractivity contribution in [1.82, 2.24) is 4.57 Å². The van der Waals surface area contributed by atoms with E-state index in [9.17, 15) is 19.4 Å². The number of phenolic OH excluding ortho intramolecular Hbond substituents is 1. The molecule has 1 saturated carbocycles. The van der Waals surface area contributed by atoms with E-state index in [0.717, 1.165) is 27.8 Å². The van der Waals surface area contributed by atoms with Crippen LogP contribution in [-0.4, -0.2) is 27.4 Å². The van der Waals surface area contributed by atoms with Gasteiger partial charge in [0, 0.05) is 27.7 Å². The number of phenols is 1. The maximum Gasteiger partial charge on any atom is 0.309 e. The average molecular weight is 452 g/mol. The van der Waals surface area contributed by atoms with Crippen LogP contribution in [0.4, 0.5) is 4.39 Å². The number of aromatic hydroxyl groups is 1. The van der Waals surface area contributed by atoms with E-state index in [1.165, 1.54) is 6.07 Å². The molecule has 1 aromatic heterocycles. The van der Waals surface area contributed by atoms with Crippen LogP contribution in [0.5, 0.6) is 5.75 Å². The molecule has 5 rings (SSSR count). The zero-order valence-electron chi connectivity index (χ0n) is 19.5. The van der Waals surface area contributed by atoms with E-state index in [1.807, 2.05) is 18.2 Å². The molecule has 2 aliphatic rings. The summed E-state index contributed by atoms with van der Waals surface area (Å²) in [6.45, 7) is 8.26. The molecule has 2 heterocycles. The number of carboxylic acids is 1. The molecule has 6 heteroatoms. The zero-order chi connectivity index (χ0) is 23.8. The van der Waals surface area contributed by atoms with Gasteiger partial charge in [-0.1, -0.05) is 19.9 Å². The number of hydrogen-bond acceptors (Lipinski definition) is 3. The van der Waals surface area contributed by atoms with Crippen molar-refractivity contribution in [2.24, 2.45) is 5.41 Å². The standard InChI is InChI=1S/C27H30FNO4/c1-16-14-17(8-9-18(16)28)29-19-6-5-7-20(30)21(19)22-23(29)25(2,3)15-33-27(22)12-10-26(4,11-13-27)24(31)32/h5-9,14,30H,10-13,15H2,1-4H3,(H,31,32)/t26-,27+. The smallest absolute Gasteiger partial charge is 0.309 e. The third-order valence-corrected chi connectivity index (χ3v) is 7.86. The van der Waals surface area contributed by atoms with Crippen LogP contribution >= 0.6 is 0 Å². The second-order valence-corrected chi connectivity index (χ2v) is 10.7. The molecular weight excluding hydrogens is 421 g/mol. The predicted molar refractivity (Wildman–Crippen MR) is 125 cm³/mol. The normalized spacial score (nSPS) is 26.5. The summed E-state index contributed by atoms with van der Waals surface area (Å²) in [6.07, 6.45) is 2.12. The first-order chi connectivity index (χ1) is 15.5. The van der Waals surface area contributed by atoms with Gasteiger partial charge >= 0.3 is 5.97 Å². The molecule has 5 nitrogen and oxygen atoms in total. The van der Waals surface area contributed by atoms with E-state index >= 15 is 0 Å². The van der Waals surface area contributed by atoms with E-state index in [4.69, 9.17) is 4.74 Å². The van der Waals surface area contributed by atoms with Crippen LogP contribution < -0.4 is 0 Å². The molecule has 0 unspecified atom stereocenters. The number of rotatable bonds is 2. The number of ether oxygens (including phenoxy) is 1. The van der Waals surface area contributed by atoms with Crippen LogP contribution in [0, 0.1) is 18.2 Å². The first-order valence-electron chi connectivity index (χ1n) is 11.5. The third-order valence-electron chi connectivity index (χ3n) is 7.86. The lowest BCUT2D eigenvalue weighted by atomic mass is 9.65. The van der Waals surface area contributed by atoms with Crippen molar-refractivity contribution in [1.29, 1.82) is 0 Å². The van der Waals surface area contributed by atoms with Gasteiger partial charge in [-0.3, -0.25) is 4.79 Å². The summed E-state index contributed by atoms with van der Waals surface area (Å²) in [7, 11) is 0. The van der Waals surface area contributed by atoms with Crippen molar-refractivity contribution < 1.29 is 24.1 Å². The number of carboxylic acid groups (broad SMARTS) is 1. The lowest BCUT2D eigenvalue weighted by Gasteiger charge is -2.49. The summed E-state index contributed by atoms with van der Waals surface area (Å²) >= 11 is 0. The van der Waals surface area contributed by atoms with Crippen LogP contribution in [0.1, 0.15) is 63.3 Å².